The molecule has 1 aromatic heterocycles. The van der Waals surface area contributed by atoms with E-state index in [0.29, 0.717) is 0 Å². The Bertz CT molecular complexity index is 488. The maximum absolute atomic E-state index is 5.19. The van der Waals surface area contributed by atoms with Gasteiger partial charge in [-0.2, -0.15) is 0 Å². The van der Waals surface area contributed by atoms with Gasteiger partial charge in [-0.25, -0.2) is 9.97 Å². The molecule has 2 aromatic rings. The minimum atomic E-state index is 0.847. The quantitative estimate of drug-likeness (QED) is 0.869. The summed E-state index contributed by atoms with van der Waals surface area (Å²) < 4.78 is 6.17. The lowest BCUT2D eigenvalue weighted by Gasteiger charge is -2.05. The molecule has 0 atom stereocenters. The monoisotopic (exact) mass is 292 g/mol. The van der Waals surface area contributed by atoms with Crippen molar-refractivity contribution in [2.24, 2.45) is 0 Å². The van der Waals surface area contributed by atoms with E-state index in [1.54, 1.807) is 19.5 Å². The maximum atomic E-state index is 5.19. The van der Waals surface area contributed by atoms with Gasteiger partial charge in [0.2, 0.25) is 0 Å². The largest absolute Gasteiger partial charge is 0.496 e. The third-order valence-electron chi connectivity index (χ3n) is 2.47. The second kappa shape index (κ2) is 5.77. The summed E-state index contributed by atoms with van der Waals surface area (Å²) >= 11 is 3.48. The van der Waals surface area contributed by atoms with Gasteiger partial charge in [0.15, 0.2) is 0 Å². The first-order chi connectivity index (χ1) is 8.29. The second-order valence-electron chi connectivity index (χ2n) is 3.63. The Hall–Kier alpha value is -1.42. The number of methoxy groups -OCH3 is 1. The van der Waals surface area contributed by atoms with Gasteiger partial charge >= 0.3 is 0 Å². The van der Waals surface area contributed by atoms with Crippen LogP contribution >= 0.6 is 15.9 Å². The molecule has 2 rings (SSSR count). The molecule has 17 heavy (non-hydrogen) atoms. The molecule has 1 heterocycles. The number of hydrogen-bond donors (Lipinski definition) is 0. The van der Waals surface area contributed by atoms with Crippen LogP contribution in [0.25, 0.3) is 0 Å². The fourth-order valence-electron chi connectivity index (χ4n) is 1.58. The van der Waals surface area contributed by atoms with Crippen molar-refractivity contribution in [3.05, 3.63) is 52.5 Å². The van der Waals surface area contributed by atoms with Gasteiger partial charge in [0, 0.05) is 18.8 Å². The Balaban J connectivity index is 2.02. The molecule has 0 aliphatic heterocycles. The van der Waals surface area contributed by atoms with Crippen molar-refractivity contribution >= 4 is 15.9 Å². The first-order valence-electron chi connectivity index (χ1n) is 5.38. The molecule has 0 aliphatic carbocycles. The molecule has 0 N–H and O–H groups in total. The van der Waals surface area contributed by atoms with Crippen molar-refractivity contribution in [3.63, 3.8) is 0 Å². The van der Waals surface area contributed by atoms with E-state index >= 15 is 0 Å². The highest BCUT2D eigenvalue weighted by Crippen LogP contribution is 2.25. The highest BCUT2D eigenvalue weighted by atomic mass is 79.9. The predicted octanol–water partition coefficient (Wildman–Crippen LogP) is 3.03. The first-order valence-corrected chi connectivity index (χ1v) is 6.17. The first kappa shape index (κ1) is 12.0. The molecule has 0 unspecified atom stereocenters. The predicted molar refractivity (Wildman–Crippen MR) is 70.1 cm³/mol. The summed E-state index contributed by atoms with van der Waals surface area (Å²) in [5, 5.41) is 0. The van der Waals surface area contributed by atoms with Crippen LogP contribution in [-0.4, -0.2) is 17.1 Å². The van der Waals surface area contributed by atoms with E-state index < -0.39 is 0 Å². The number of aromatic nitrogens is 2. The number of aryl methyl sites for hydroxylation is 2. The van der Waals surface area contributed by atoms with Crippen molar-refractivity contribution in [2.75, 3.05) is 7.11 Å². The van der Waals surface area contributed by atoms with Gasteiger partial charge < -0.3 is 4.74 Å². The summed E-state index contributed by atoms with van der Waals surface area (Å²) in [6.45, 7) is 0. The third kappa shape index (κ3) is 3.27. The summed E-state index contributed by atoms with van der Waals surface area (Å²) in [7, 11) is 1.66. The lowest BCUT2D eigenvalue weighted by atomic mass is 10.1. The van der Waals surface area contributed by atoms with Crippen LogP contribution in [0.5, 0.6) is 5.75 Å². The van der Waals surface area contributed by atoms with Crippen LogP contribution in [0.2, 0.25) is 0 Å². The zero-order valence-corrected chi connectivity index (χ0v) is 11.1. The van der Waals surface area contributed by atoms with Gasteiger partial charge in [-0.05, 0) is 46.1 Å². The van der Waals surface area contributed by atoms with Crippen molar-refractivity contribution in [3.8, 4) is 5.75 Å². The van der Waals surface area contributed by atoms with Crippen LogP contribution in [-0.2, 0) is 12.8 Å². The zero-order chi connectivity index (χ0) is 12.1. The SMILES string of the molecule is COc1ccc(CCc2ncccn2)cc1Br. The summed E-state index contributed by atoms with van der Waals surface area (Å²) in [6.07, 6.45) is 5.31. The number of ether oxygens (including phenoxy) is 1. The van der Waals surface area contributed by atoms with Crippen LogP contribution in [0.4, 0.5) is 0 Å². The summed E-state index contributed by atoms with van der Waals surface area (Å²) in [6, 6.07) is 7.92. The average molecular weight is 293 g/mol. The fraction of sp³-hybridized carbons (Fsp3) is 0.231. The van der Waals surface area contributed by atoms with E-state index in [-0.39, 0.29) is 0 Å². The minimum absolute atomic E-state index is 0.847. The Morgan fingerprint density at radius 1 is 1.18 bits per heavy atom. The Labute approximate surface area is 109 Å². The molecule has 1 aromatic carbocycles. The van der Waals surface area contributed by atoms with Crippen LogP contribution in [0.1, 0.15) is 11.4 Å². The molecule has 0 radical (unpaired) electrons. The smallest absolute Gasteiger partial charge is 0.133 e. The molecule has 0 amide bonds. The molecular formula is C13H13BrN2O. The molecule has 0 bridgehead atoms. The van der Waals surface area contributed by atoms with Crippen molar-refractivity contribution in [2.45, 2.75) is 12.8 Å². The standard InChI is InChI=1S/C13H13BrN2O/c1-17-12-5-3-10(9-11(12)14)4-6-13-15-7-2-8-16-13/h2-3,5,7-9H,4,6H2,1H3. The number of nitrogens with zero attached hydrogens (tertiary/aromatic N) is 2. The van der Waals surface area contributed by atoms with Gasteiger partial charge in [0.25, 0.3) is 0 Å². The number of hydrogen-bond acceptors (Lipinski definition) is 3. The number of rotatable bonds is 4. The summed E-state index contributed by atoms with van der Waals surface area (Å²) in [5.41, 5.74) is 1.24. The van der Waals surface area contributed by atoms with E-state index in [4.69, 9.17) is 4.74 Å². The van der Waals surface area contributed by atoms with E-state index in [1.165, 1.54) is 5.56 Å². The van der Waals surface area contributed by atoms with Crippen LogP contribution < -0.4 is 4.74 Å². The summed E-state index contributed by atoms with van der Waals surface area (Å²) in [5.74, 6) is 1.73. The molecule has 3 nitrogen and oxygen atoms in total. The van der Waals surface area contributed by atoms with Gasteiger partial charge in [-0.1, -0.05) is 6.07 Å². The average Bonchev–Trinajstić information content (AvgIpc) is 2.38. The highest BCUT2D eigenvalue weighted by Gasteiger charge is 2.02. The summed E-state index contributed by atoms with van der Waals surface area (Å²) in [4.78, 5) is 8.40. The fourth-order valence-corrected chi connectivity index (χ4v) is 2.17. The van der Waals surface area contributed by atoms with Gasteiger partial charge in [0.05, 0.1) is 11.6 Å². The Morgan fingerprint density at radius 3 is 2.59 bits per heavy atom. The van der Waals surface area contributed by atoms with Gasteiger partial charge in [-0.15, -0.1) is 0 Å². The molecule has 0 aliphatic rings. The van der Waals surface area contributed by atoms with Crippen LogP contribution in [0.15, 0.2) is 41.1 Å². The van der Waals surface area contributed by atoms with Crippen LogP contribution in [0, 0.1) is 0 Å². The molecule has 0 saturated heterocycles. The van der Waals surface area contributed by atoms with E-state index in [2.05, 4.69) is 38.0 Å². The number of halogens is 1. The van der Waals surface area contributed by atoms with Gasteiger partial charge in [-0.3, -0.25) is 0 Å². The molecule has 0 fully saturated rings. The van der Waals surface area contributed by atoms with Crippen molar-refractivity contribution < 1.29 is 4.74 Å². The highest BCUT2D eigenvalue weighted by molar-refractivity contribution is 9.10. The second-order valence-corrected chi connectivity index (χ2v) is 4.49. The topological polar surface area (TPSA) is 35.0 Å². The maximum Gasteiger partial charge on any atom is 0.133 e. The van der Waals surface area contributed by atoms with Gasteiger partial charge in [0.1, 0.15) is 11.6 Å². The normalized spacial score (nSPS) is 10.2. The molecular weight excluding hydrogens is 280 g/mol. The molecule has 0 saturated carbocycles. The van der Waals surface area contributed by atoms with Crippen LogP contribution in [0.3, 0.4) is 0 Å². The van der Waals surface area contributed by atoms with Crippen molar-refractivity contribution in [1.82, 2.24) is 9.97 Å². The zero-order valence-electron chi connectivity index (χ0n) is 9.56. The number of benzene rings is 1. The van der Waals surface area contributed by atoms with E-state index in [9.17, 15) is 0 Å². The minimum Gasteiger partial charge on any atom is -0.496 e. The lowest BCUT2D eigenvalue weighted by Crippen LogP contribution is -1.97. The molecule has 0 spiro atoms. The lowest BCUT2D eigenvalue weighted by molar-refractivity contribution is 0.412. The Kier molecular flexibility index (Phi) is 4.09. The molecule has 88 valence electrons. The Morgan fingerprint density at radius 2 is 1.94 bits per heavy atom. The third-order valence-corrected chi connectivity index (χ3v) is 3.09. The van der Waals surface area contributed by atoms with E-state index in [1.807, 2.05) is 12.1 Å². The van der Waals surface area contributed by atoms with E-state index in [0.717, 1.165) is 28.9 Å². The molecule has 4 heteroatoms. The van der Waals surface area contributed by atoms with Crippen molar-refractivity contribution in [1.29, 1.82) is 0 Å².